The number of hydrogen-bond donors (Lipinski definition) is 0. The summed E-state index contributed by atoms with van der Waals surface area (Å²) in [4.78, 5) is 0. The van der Waals surface area contributed by atoms with E-state index in [1.54, 1.807) is 0 Å². The van der Waals surface area contributed by atoms with E-state index in [0.717, 1.165) is 6.42 Å². The van der Waals surface area contributed by atoms with Gasteiger partial charge in [0.25, 0.3) is 0 Å². The van der Waals surface area contributed by atoms with E-state index in [-0.39, 0.29) is 5.60 Å². The first-order valence-electron chi connectivity index (χ1n) is 3.39. The molecular weight excluding hydrogens is 128 g/mol. The van der Waals surface area contributed by atoms with Gasteiger partial charge in [-0.2, -0.15) is 0 Å². The molecule has 0 spiro atoms. The smallest absolute Gasteiger partial charge is 0.246 e. The van der Waals surface area contributed by atoms with Gasteiger partial charge in [-0.1, -0.05) is 20.3 Å². The lowest BCUT2D eigenvalue weighted by molar-refractivity contribution is 0.0600. The van der Waals surface area contributed by atoms with Gasteiger partial charge in [0.2, 0.25) is 10.5 Å². The molecule has 0 aromatic carbocycles. The molecule has 0 aliphatic carbocycles. The van der Waals surface area contributed by atoms with Crippen LogP contribution in [0, 0.1) is 5.92 Å². The largest absolute Gasteiger partial charge is 0.413 e. The van der Waals surface area contributed by atoms with E-state index in [1.165, 1.54) is 0 Å². The van der Waals surface area contributed by atoms with Crippen molar-refractivity contribution < 1.29 is 4.43 Å². The number of hydrogen-bond acceptors (Lipinski definition) is 1. The Morgan fingerprint density at radius 3 is 2.11 bits per heavy atom. The Labute approximate surface area is 61.3 Å². The minimum atomic E-state index is -0.0361. The van der Waals surface area contributed by atoms with Gasteiger partial charge in [0.1, 0.15) is 0 Å². The maximum absolute atomic E-state index is 5.10. The average Bonchev–Trinajstić information content (AvgIpc) is 1.86. The molecule has 53 valence electrons. The Hall–Kier alpha value is 0.177. The van der Waals surface area contributed by atoms with Crippen LogP contribution in [-0.4, -0.2) is 16.1 Å². The molecule has 0 fully saturated rings. The molecule has 1 unspecified atom stereocenters. The molecule has 0 aromatic heterocycles. The van der Waals surface area contributed by atoms with Crippen LogP contribution in [0.15, 0.2) is 0 Å². The van der Waals surface area contributed by atoms with E-state index in [0.29, 0.717) is 5.92 Å². The lowest BCUT2D eigenvalue weighted by Crippen LogP contribution is -2.31. The topological polar surface area (TPSA) is 9.23 Å². The van der Waals surface area contributed by atoms with Crippen molar-refractivity contribution in [3.63, 3.8) is 0 Å². The first-order valence-corrected chi connectivity index (χ1v) is 3.80. The lowest BCUT2D eigenvalue weighted by Gasteiger charge is -2.29. The molecule has 2 heteroatoms. The fourth-order valence-electron chi connectivity index (χ4n) is 0.592. The molecule has 0 heterocycles. The summed E-state index contributed by atoms with van der Waals surface area (Å²) >= 11 is 0. The Morgan fingerprint density at radius 2 is 2.00 bits per heavy atom. The fourth-order valence-corrected chi connectivity index (χ4v) is 0.793. The zero-order valence-corrected chi connectivity index (χ0v) is 7.69. The molecule has 0 saturated heterocycles. The zero-order chi connectivity index (χ0) is 7.49. The minimum Gasteiger partial charge on any atom is -0.413 e. The third kappa shape index (κ3) is 2.50. The molecule has 0 aromatic rings. The van der Waals surface area contributed by atoms with Crippen molar-refractivity contribution in [3.8, 4) is 0 Å². The molecule has 9 heavy (non-hydrogen) atoms. The molecule has 0 aliphatic rings. The monoisotopic (exact) mass is 143 g/mol. The van der Waals surface area contributed by atoms with Crippen LogP contribution in [0.2, 0.25) is 0 Å². The van der Waals surface area contributed by atoms with Gasteiger partial charge in [0.05, 0.1) is 5.60 Å². The van der Waals surface area contributed by atoms with E-state index >= 15 is 0 Å². The SMILES string of the molecule is CCC(C)C(C)(C)O[Si]. The van der Waals surface area contributed by atoms with Crippen LogP contribution < -0.4 is 0 Å². The van der Waals surface area contributed by atoms with Crippen LogP contribution in [0.4, 0.5) is 0 Å². The Balaban J connectivity index is 3.80. The van der Waals surface area contributed by atoms with Crippen LogP contribution in [-0.2, 0) is 4.43 Å². The van der Waals surface area contributed by atoms with Crippen molar-refractivity contribution in [2.45, 2.75) is 39.7 Å². The van der Waals surface area contributed by atoms with Crippen molar-refractivity contribution in [1.29, 1.82) is 0 Å². The van der Waals surface area contributed by atoms with Gasteiger partial charge in [0.15, 0.2) is 0 Å². The molecule has 0 bridgehead atoms. The van der Waals surface area contributed by atoms with Crippen LogP contribution >= 0.6 is 0 Å². The summed E-state index contributed by atoms with van der Waals surface area (Å²) in [6.07, 6.45) is 1.15. The van der Waals surface area contributed by atoms with Gasteiger partial charge < -0.3 is 4.43 Å². The first-order chi connectivity index (χ1) is 4.04. The van der Waals surface area contributed by atoms with Gasteiger partial charge in [0, 0.05) is 0 Å². The maximum Gasteiger partial charge on any atom is 0.246 e. The van der Waals surface area contributed by atoms with E-state index < -0.39 is 0 Å². The molecule has 1 atom stereocenters. The molecule has 1 nitrogen and oxygen atoms in total. The second-order valence-corrected chi connectivity index (χ2v) is 3.22. The molecule has 0 rings (SSSR count). The Bertz CT molecular complexity index is 81.0. The van der Waals surface area contributed by atoms with Gasteiger partial charge in [-0.3, -0.25) is 0 Å². The van der Waals surface area contributed by atoms with Crippen molar-refractivity contribution in [2.75, 3.05) is 0 Å². The van der Waals surface area contributed by atoms with Crippen molar-refractivity contribution >= 4 is 10.5 Å². The van der Waals surface area contributed by atoms with Gasteiger partial charge in [-0.15, -0.1) is 0 Å². The summed E-state index contributed by atoms with van der Waals surface area (Å²) in [6, 6.07) is 0. The summed E-state index contributed by atoms with van der Waals surface area (Å²) in [6.45, 7) is 8.50. The van der Waals surface area contributed by atoms with Crippen molar-refractivity contribution in [3.05, 3.63) is 0 Å². The summed E-state index contributed by atoms with van der Waals surface area (Å²) in [5, 5.41) is 0. The van der Waals surface area contributed by atoms with E-state index in [4.69, 9.17) is 4.43 Å². The molecule has 0 aliphatic heterocycles. The number of rotatable bonds is 3. The third-order valence-electron chi connectivity index (χ3n) is 2.06. The second kappa shape index (κ2) is 3.37. The average molecular weight is 143 g/mol. The summed E-state index contributed by atoms with van der Waals surface area (Å²) in [5.41, 5.74) is -0.0361. The highest BCUT2D eigenvalue weighted by atomic mass is 28.2. The van der Waals surface area contributed by atoms with Crippen LogP contribution in [0.3, 0.4) is 0 Å². The van der Waals surface area contributed by atoms with E-state index in [1.807, 2.05) is 0 Å². The second-order valence-electron chi connectivity index (χ2n) is 3.01. The lowest BCUT2D eigenvalue weighted by atomic mass is 9.91. The van der Waals surface area contributed by atoms with E-state index in [2.05, 4.69) is 38.2 Å². The molecular formula is C7H15OSi. The van der Waals surface area contributed by atoms with E-state index in [9.17, 15) is 0 Å². The fraction of sp³-hybridized carbons (Fsp3) is 1.00. The molecule has 3 radical (unpaired) electrons. The first kappa shape index (κ1) is 9.18. The minimum absolute atomic E-state index is 0.0361. The zero-order valence-electron chi connectivity index (χ0n) is 6.69. The predicted molar refractivity (Wildman–Crippen MR) is 40.4 cm³/mol. The standard InChI is InChI=1S/C7H15OSi/c1-5-6(2)7(3,4)8-9/h6H,5H2,1-4H3. The van der Waals surface area contributed by atoms with Gasteiger partial charge >= 0.3 is 0 Å². The Kier molecular flexibility index (Phi) is 3.44. The van der Waals surface area contributed by atoms with Crippen LogP contribution in [0.1, 0.15) is 34.1 Å². The van der Waals surface area contributed by atoms with Gasteiger partial charge in [-0.05, 0) is 19.8 Å². The molecule has 0 saturated carbocycles. The normalized spacial score (nSPS) is 15.7. The third-order valence-corrected chi connectivity index (χ3v) is 2.59. The van der Waals surface area contributed by atoms with Crippen LogP contribution in [0.25, 0.3) is 0 Å². The summed E-state index contributed by atoms with van der Waals surface area (Å²) in [5.74, 6) is 0.593. The Morgan fingerprint density at radius 1 is 1.56 bits per heavy atom. The quantitative estimate of drug-likeness (QED) is 0.548. The summed E-state index contributed by atoms with van der Waals surface area (Å²) < 4.78 is 5.10. The van der Waals surface area contributed by atoms with Crippen molar-refractivity contribution in [2.24, 2.45) is 5.92 Å². The van der Waals surface area contributed by atoms with Gasteiger partial charge in [-0.25, -0.2) is 0 Å². The maximum atomic E-state index is 5.10. The highest BCUT2D eigenvalue weighted by Gasteiger charge is 2.22. The molecule has 0 N–H and O–H groups in total. The highest BCUT2D eigenvalue weighted by Crippen LogP contribution is 2.21. The highest BCUT2D eigenvalue weighted by molar-refractivity contribution is 5.98. The summed E-state index contributed by atoms with van der Waals surface area (Å²) in [7, 11) is 3.06. The molecule has 0 amide bonds. The van der Waals surface area contributed by atoms with Crippen molar-refractivity contribution in [1.82, 2.24) is 0 Å². The van der Waals surface area contributed by atoms with Crippen LogP contribution in [0.5, 0.6) is 0 Å². The predicted octanol–water partition coefficient (Wildman–Crippen LogP) is 1.91.